The second kappa shape index (κ2) is 4.54. The molecule has 0 atom stereocenters. The molecule has 0 aliphatic carbocycles. The fourth-order valence-corrected chi connectivity index (χ4v) is 3.41. The summed E-state index contributed by atoms with van der Waals surface area (Å²) in [6, 6.07) is 5.25. The molecule has 4 nitrogen and oxygen atoms in total. The normalized spacial score (nSPS) is 14.1. The number of fused-ring (bicyclic) bond motifs is 1. The third-order valence-electron chi connectivity index (χ3n) is 2.90. The minimum atomic E-state index is -0.491. The molecule has 0 spiro atoms. The Balaban J connectivity index is 2.04. The Bertz CT molecular complexity index is 696. The molecule has 0 bridgehead atoms. The lowest BCUT2D eigenvalue weighted by Gasteiger charge is -2.16. The largest absolute Gasteiger partial charge is 0.299 e. The lowest BCUT2D eigenvalue weighted by molar-refractivity contribution is -0.114. The molecule has 0 unspecified atom stereocenters. The van der Waals surface area contributed by atoms with E-state index < -0.39 is 11.7 Å². The summed E-state index contributed by atoms with van der Waals surface area (Å²) in [6.07, 6.45) is 0. The monoisotopic (exact) mass is 336 g/mol. The van der Waals surface area contributed by atoms with Crippen molar-refractivity contribution in [3.8, 4) is 0 Å². The first kappa shape index (κ1) is 12.5. The number of carbonyl (C=O) groups is 2. The van der Waals surface area contributed by atoms with E-state index in [1.54, 1.807) is 12.1 Å². The predicted molar refractivity (Wildman–Crippen MR) is 76.5 cm³/mol. The van der Waals surface area contributed by atoms with Gasteiger partial charge in [0.05, 0.1) is 17.8 Å². The van der Waals surface area contributed by atoms with Crippen LogP contribution in [0.5, 0.6) is 0 Å². The average molecular weight is 337 g/mol. The molecule has 1 aromatic heterocycles. The molecular formula is C13H9BrN2O2S. The molecule has 2 aromatic rings. The van der Waals surface area contributed by atoms with Crippen molar-refractivity contribution in [2.75, 3.05) is 4.90 Å². The molecule has 19 heavy (non-hydrogen) atoms. The standard InChI is InChI=1S/C13H9BrN2O2S/c1-7-6-19-10(15-7)5-16-11-8(12(17)13(16)18)3-2-4-9(11)14/h2-4,6H,5H2,1H3. The highest BCUT2D eigenvalue weighted by atomic mass is 79.9. The van der Waals surface area contributed by atoms with Crippen LogP contribution < -0.4 is 4.90 Å². The van der Waals surface area contributed by atoms with E-state index in [-0.39, 0.29) is 0 Å². The van der Waals surface area contributed by atoms with Crippen molar-refractivity contribution in [3.05, 3.63) is 44.3 Å². The number of halogens is 1. The Hall–Kier alpha value is -1.53. The van der Waals surface area contributed by atoms with Crippen molar-refractivity contribution in [1.29, 1.82) is 0 Å². The van der Waals surface area contributed by atoms with Crippen molar-refractivity contribution >= 4 is 44.6 Å². The van der Waals surface area contributed by atoms with Crippen LogP contribution in [0.3, 0.4) is 0 Å². The number of benzene rings is 1. The fourth-order valence-electron chi connectivity index (χ4n) is 2.07. The Morgan fingerprint density at radius 3 is 2.84 bits per heavy atom. The number of amides is 1. The minimum absolute atomic E-state index is 0.332. The first-order valence-electron chi connectivity index (χ1n) is 5.63. The zero-order valence-electron chi connectivity index (χ0n) is 10.0. The molecule has 0 saturated carbocycles. The molecule has 0 radical (unpaired) electrons. The molecular weight excluding hydrogens is 328 g/mol. The smallest absolute Gasteiger partial charge is 0.297 e. The maximum Gasteiger partial charge on any atom is 0.299 e. The number of aryl methyl sites for hydroxylation is 1. The Morgan fingerprint density at radius 2 is 2.16 bits per heavy atom. The van der Waals surface area contributed by atoms with Crippen molar-refractivity contribution in [2.24, 2.45) is 0 Å². The topological polar surface area (TPSA) is 50.3 Å². The lowest BCUT2D eigenvalue weighted by atomic mass is 10.1. The number of aromatic nitrogens is 1. The Kier molecular flexibility index (Phi) is 2.99. The SMILES string of the molecule is Cc1csc(CN2C(=O)C(=O)c3cccc(Br)c32)n1. The Labute approximate surface area is 122 Å². The van der Waals surface area contributed by atoms with Crippen LogP contribution in [0.4, 0.5) is 5.69 Å². The first-order chi connectivity index (χ1) is 9.08. The summed E-state index contributed by atoms with van der Waals surface area (Å²) in [5, 5.41) is 2.75. The van der Waals surface area contributed by atoms with Gasteiger partial charge in [0, 0.05) is 15.5 Å². The number of Topliss-reactive ketones (excluding diaryl/α,β-unsaturated/α-hetero) is 1. The summed E-state index contributed by atoms with van der Waals surface area (Å²) in [5.41, 5.74) is 2.02. The molecule has 1 amide bonds. The van der Waals surface area contributed by atoms with E-state index in [2.05, 4.69) is 20.9 Å². The molecule has 96 valence electrons. The molecule has 0 fully saturated rings. The van der Waals surface area contributed by atoms with E-state index in [0.717, 1.165) is 15.2 Å². The van der Waals surface area contributed by atoms with Crippen LogP contribution in [0.15, 0.2) is 28.1 Å². The van der Waals surface area contributed by atoms with Crippen LogP contribution in [-0.4, -0.2) is 16.7 Å². The molecule has 1 aliphatic heterocycles. The summed E-state index contributed by atoms with van der Waals surface area (Å²) < 4.78 is 0.748. The number of carbonyl (C=O) groups excluding carboxylic acids is 2. The van der Waals surface area contributed by atoms with E-state index in [1.807, 2.05) is 18.4 Å². The maximum absolute atomic E-state index is 12.1. The van der Waals surface area contributed by atoms with Gasteiger partial charge >= 0.3 is 0 Å². The van der Waals surface area contributed by atoms with Crippen molar-refractivity contribution < 1.29 is 9.59 Å². The van der Waals surface area contributed by atoms with Gasteiger partial charge in [-0.15, -0.1) is 11.3 Å². The molecule has 1 aliphatic rings. The van der Waals surface area contributed by atoms with E-state index >= 15 is 0 Å². The fraction of sp³-hybridized carbons (Fsp3) is 0.154. The first-order valence-corrected chi connectivity index (χ1v) is 7.31. The highest BCUT2D eigenvalue weighted by Crippen LogP contribution is 2.37. The van der Waals surface area contributed by atoms with Crippen molar-refractivity contribution in [1.82, 2.24) is 4.98 Å². The minimum Gasteiger partial charge on any atom is -0.297 e. The predicted octanol–water partition coefficient (Wildman–Crippen LogP) is 2.94. The number of para-hydroxylation sites is 1. The Morgan fingerprint density at radius 1 is 1.37 bits per heavy atom. The van der Waals surface area contributed by atoms with E-state index in [0.29, 0.717) is 17.8 Å². The van der Waals surface area contributed by atoms with Gasteiger partial charge in [0.2, 0.25) is 0 Å². The van der Waals surface area contributed by atoms with E-state index in [1.165, 1.54) is 16.2 Å². The highest BCUT2D eigenvalue weighted by molar-refractivity contribution is 9.10. The van der Waals surface area contributed by atoms with E-state index in [4.69, 9.17) is 0 Å². The number of hydrogen-bond acceptors (Lipinski definition) is 4. The van der Waals surface area contributed by atoms with Crippen molar-refractivity contribution in [2.45, 2.75) is 13.5 Å². The average Bonchev–Trinajstić information content (AvgIpc) is 2.89. The van der Waals surface area contributed by atoms with Crippen LogP contribution in [0, 0.1) is 6.92 Å². The van der Waals surface area contributed by atoms with E-state index in [9.17, 15) is 9.59 Å². The van der Waals surface area contributed by atoms with Crippen LogP contribution in [0.25, 0.3) is 0 Å². The maximum atomic E-state index is 12.1. The summed E-state index contributed by atoms with van der Waals surface area (Å²) in [4.78, 5) is 29.8. The van der Waals surface area contributed by atoms with Crippen molar-refractivity contribution in [3.63, 3.8) is 0 Å². The van der Waals surface area contributed by atoms with Gasteiger partial charge in [-0.25, -0.2) is 4.98 Å². The van der Waals surface area contributed by atoms with Crippen LogP contribution in [0.2, 0.25) is 0 Å². The molecule has 2 heterocycles. The number of ketones is 1. The van der Waals surface area contributed by atoms with Gasteiger partial charge in [0.1, 0.15) is 5.01 Å². The summed E-state index contributed by atoms with van der Waals surface area (Å²) in [7, 11) is 0. The third kappa shape index (κ3) is 2.01. The molecule has 6 heteroatoms. The number of anilines is 1. The number of hydrogen-bond donors (Lipinski definition) is 0. The number of thiazole rings is 1. The van der Waals surface area contributed by atoms with Crippen LogP contribution in [0.1, 0.15) is 21.1 Å². The molecule has 1 aromatic carbocycles. The zero-order chi connectivity index (χ0) is 13.6. The number of nitrogens with zero attached hydrogens (tertiary/aromatic N) is 2. The summed E-state index contributed by atoms with van der Waals surface area (Å²) >= 11 is 4.89. The second-order valence-electron chi connectivity index (χ2n) is 4.24. The number of rotatable bonds is 2. The van der Waals surface area contributed by atoms with Gasteiger partial charge in [0.15, 0.2) is 0 Å². The molecule has 3 rings (SSSR count). The van der Waals surface area contributed by atoms with Gasteiger partial charge in [-0.2, -0.15) is 0 Å². The van der Waals surface area contributed by atoms with Gasteiger partial charge < -0.3 is 0 Å². The lowest BCUT2D eigenvalue weighted by Crippen LogP contribution is -2.29. The quantitative estimate of drug-likeness (QED) is 0.792. The van der Waals surface area contributed by atoms with Gasteiger partial charge in [0.25, 0.3) is 11.7 Å². The van der Waals surface area contributed by atoms with Gasteiger partial charge in [-0.1, -0.05) is 6.07 Å². The highest BCUT2D eigenvalue weighted by Gasteiger charge is 2.37. The molecule has 0 N–H and O–H groups in total. The molecule has 0 saturated heterocycles. The zero-order valence-corrected chi connectivity index (χ0v) is 12.4. The van der Waals surface area contributed by atoms with Gasteiger partial charge in [-0.3, -0.25) is 14.5 Å². The second-order valence-corrected chi connectivity index (χ2v) is 6.04. The summed E-state index contributed by atoms with van der Waals surface area (Å²) in [6.45, 7) is 2.24. The third-order valence-corrected chi connectivity index (χ3v) is 4.49. The van der Waals surface area contributed by atoms with Gasteiger partial charge in [-0.05, 0) is 35.0 Å². The van der Waals surface area contributed by atoms with Crippen LogP contribution in [-0.2, 0) is 11.3 Å². The summed E-state index contributed by atoms with van der Waals surface area (Å²) in [5.74, 6) is -0.945. The van der Waals surface area contributed by atoms with Crippen LogP contribution >= 0.6 is 27.3 Å².